The fraction of sp³-hybridized carbons (Fsp3) is 0.200. The van der Waals surface area contributed by atoms with Crippen molar-refractivity contribution < 1.29 is 8.95 Å². The van der Waals surface area contributed by atoms with Crippen LogP contribution in [0.3, 0.4) is 0 Å². The zero-order chi connectivity index (χ0) is 13.8. The largest absolute Gasteiger partial charge is 0.497 e. The normalized spacial score (nSPS) is 12.1. The lowest BCUT2D eigenvalue weighted by Crippen LogP contribution is -2.01. The molecule has 0 aliphatic heterocycles. The standard InChI is InChI=1S/C15H17NO2S/c1-11-4-3-5-12(8-11)10-19(17)15-9-13(18-2)6-7-14(15)16/h3-9H,10,16H2,1-2H3. The third-order valence-corrected chi connectivity index (χ3v) is 4.29. The van der Waals surface area contributed by atoms with Crippen molar-refractivity contribution in [3.63, 3.8) is 0 Å². The van der Waals surface area contributed by atoms with Crippen molar-refractivity contribution in [1.29, 1.82) is 0 Å². The van der Waals surface area contributed by atoms with Gasteiger partial charge in [0.1, 0.15) is 5.75 Å². The van der Waals surface area contributed by atoms with Gasteiger partial charge >= 0.3 is 0 Å². The molecule has 2 aromatic rings. The van der Waals surface area contributed by atoms with Crippen molar-refractivity contribution in [3.05, 3.63) is 53.6 Å². The van der Waals surface area contributed by atoms with Crippen molar-refractivity contribution in [1.82, 2.24) is 0 Å². The summed E-state index contributed by atoms with van der Waals surface area (Å²) < 4.78 is 17.5. The molecule has 0 aliphatic rings. The van der Waals surface area contributed by atoms with Crippen LogP contribution in [0.5, 0.6) is 5.75 Å². The Hall–Kier alpha value is -1.81. The van der Waals surface area contributed by atoms with Gasteiger partial charge in [-0.3, -0.25) is 4.21 Å². The number of methoxy groups -OCH3 is 1. The first kappa shape index (κ1) is 13.6. The lowest BCUT2D eigenvalue weighted by molar-refractivity contribution is 0.413. The zero-order valence-corrected chi connectivity index (χ0v) is 11.9. The minimum Gasteiger partial charge on any atom is -0.497 e. The molecule has 4 heteroatoms. The van der Waals surface area contributed by atoms with Gasteiger partial charge in [-0.2, -0.15) is 0 Å². The minimum atomic E-state index is -1.17. The maximum Gasteiger partial charge on any atom is 0.120 e. The monoisotopic (exact) mass is 275 g/mol. The molecule has 100 valence electrons. The van der Waals surface area contributed by atoms with Crippen molar-refractivity contribution >= 4 is 16.5 Å². The van der Waals surface area contributed by atoms with E-state index in [9.17, 15) is 4.21 Å². The Morgan fingerprint density at radius 2 is 2.00 bits per heavy atom. The quantitative estimate of drug-likeness (QED) is 0.873. The van der Waals surface area contributed by atoms with E-state index in [0.717, 1.165) is 11.1 Å². The smallest absolute Gasteiger partial charge is 0.120 e. The second-order valence-electron chi connectivity index (χ2n) is 4.38. The molecule has 0 amide bonds. The first-order valence-electron chi connectivity index (χ1n) is 5.97. The van der Waals surface area contributed by atoms with Gasteiger partial charge < -0.3 is 10.5 Å². The van der Waals surface area contributed by atoms with Crippen LogP contribution in [0.1, 0.15) is 11.1 Å². The molecule has 0 saturated heterocycles. The molecule has 0 spiro atoms. The highest BCUT2D eigenvalue weighted by Gasteiger charge is 2.10. The summed E-state index contributed by atoms with van der Waals surface area (Å²) in [6.07, 6.45) is 0. The number of nitrogens with two attached hydrogens (primary N) is 1. The molecular weight excluding hydrogens is 258 g/mol. The Balaban J connectivity index is 2.25. The van der Waals surface area contributed by atoms with E-state index in [0.29, 0.717) is 22.1 Å². The van der Waals surface area contributed by atoms with Crippen molar-refractivity contribution in [3.8, 4) is 5.75 Å². The van der Waals surface area contributed by atoms with Gasteiger partial charge in [0.05, 0.1) is 28.6 Å². The number of hydrogen-bond donors (Lipinski definition) is 1. The molecule has 0 fully saturated rings. The minimum absolute atomic E-state index is 0.457. The van der Waals surface area contributed by atoms with Crippen LogP contribution >= 0.6 is 0 Å². The molecule has 0 saturated carbocycles. The summed E-state index contributed by atoms with van der Waals surface area (Å²) in [6.45, 7) is 2.02. The second kappa shape index (κ2) is 5.89. The molecule has 2 rings (SSSR count). The predicted molar refractivity (Wildman–Crippen MR) is 78.7 cm³/mol. The summed E-state index contributed by atoms with van der Waals surface area (Å²) in [5, 5.41) is 0. The molecule has 1 unspecified atom stereocenters. The topological polar surface area (TPSA) is 52.3 Å². The number of rotatable bonds is 4. The van der Waals surface area contributed by atoms with E-state index < -0.39 is 10.8 Å². The molecule has 0 radical (unpaired) electrons. The van der Waals surface area contributed by atoms with E-state index in [4.69, 9.17) is 10.5 Å². The van der Waals surface area contributed by atoms with Crippen LogP contribution in [0.25, 0.3) is 0 Å². The van der Waals surface area contributed by atoms with E-state index in [-0.39, 0.29) is 0 Å². The van der Waals surface area contributed by atoms with Crippen molar-refractivity contribution in [2.45, 2.75) is 17.6 Å². The summed E-state index contributed by atoms with van der Waals surface area (Å²) in [4.78, 5) is 0.626. The van der Waals surface area contributed by atoms with Crippen molar-refractivity contribution in [2.24, 2.45) is 0 Å². The molecule has 19 heavy (non-hydrogen) atoms. The third kappa shape index (κ3) is 3.35. The highest BCUT2D eigenvalue weighted by atomic mass is 32.2. The second-order valence-corrected chi connectivity index (χ2v) is 5.80. The van der Waals surface area contributed by atoms with Gasteiger partial charge in [-0.1, -0.05) is 29.8 Å². The maximum atomic E-state index is 12.4. The summed E-state index contributed by atoms with van der Waals surface area (Å²) >= 11 is 0. The summed E-state index contributed by atoms with van der Waals surface area (Å²) in [7, 11) is 0.411. The first-order chi connectivity index (χ1) is 9.10. The van der Waals surface area contributed by atoms with Crippen molar-refractivity contribution in [2.75, 3.05) is 12.8 Å². The van der Waals surface area contributed by atoms with E-state index in [1.54, 1.807) is 25.3 Å². The number of ether oxygens (including phenoxy) is 1. The lowest BCUT2D eigenvalue weighted by Gasteiger charge is -2.08. The summed E-state index contributed by atoms with van der Waals surface area (Å²) in [6, 6.07) is 13.2. The fourth-order valence-electron chi connectivity index (χ4n) is 1.87. The van der Waals surface area contributed by atoms with E-state index in [1.807, 2.05) is 31.2 Å². The van der Waals surface area contributed by atoms with Gasteiger partial charge in [0, 0.05) is 5.69 Å². The average Bonchev–Trinajstić information content (AvgIpc) is 2.39. The van der Waals surface area contributed by atoms with Gasteiger partial charge in [-0.25, -0.2) is 0 Å². The molecule has 3 nitrogen and oxygen atoms in total. The van der Waals surface area contributed by atoms with Gasteiger partial charge in [0.15, 0.2) is 0 Å². The molecule has 0 heterocycles. The summed E-state index contributed by atoms with van der Waals surface area (Å²) in [5.74, 6) is 1.13. The third-order valence-electron chi connectivity index (χ3n) is 2.85. The number of aryl methyl sites for hydroxylation is 1. The number of benzene rings is 2. The van der Waals surface area contributed by atoms with Crippen LogP contribution < -0.4 is 10.5 Å². The Kier molecular flexibility index (Phi) is 4.22. The maximum absolute atomic E-state index is 12.4. The van der Waals surface area contributed by atoms with Crippen LogP contribution in [0.4, 0.5) is 5.69 Å². The molecule has 0 aliphatic carbocycles. The van der Waals surface area contributed by atoms with Gasteiger partial charge in [0.25, 0.3) is 0 Å². The Morgan fingerprint density at radius 1 is 1.21 bits per heavy atom. The van der Waals surface area contributed by atoms with Crippen LogP contribution in [-0.2, 0) is 16.6 Å². The SMILES string of the molecule is COc1ccc(N)c(S(=O)Cc2cccc(C)c2)c1. The van der Waals surface area contributed by atoms with Crippen LogP contribution in [0.15, 0.2) is 47.4 Å². The molecular formula is C15H17NO2S. The predicted octanol–water partition coefficient (Wildman–Crippen LogP) is 2.89. The fourth-order valence-corrected chi connectivity index (χ4v) is 3.09. The molecule has 2 aromatic carbocycles. The van der Waals surface area contributed by atoms with Crippen LogP contribution in [0, 0.1) is 6.92 Å². The zero-order valence-electron chi connectivity index (χ0n) is 11.1. The first-order valence-corrected chi connectivity index (χ1v) is 7.29. The highest BCUT2D eigenvalue weighted by molar-refractivity contribution is 7.84. The Bertz CT molecular complexity index is 611. The van der Waals surface area contributed by atoms with Crippen LogP contribution in [-0.4, -0.2) is 11.3 Å². The van der Waals surface area contributed by atoms with E-state index in [1.165, 1.54) is 0 Å². The van der Waals surface area contributed by atoms with Gasteiger partial charge in [0.2, 0.25) is 0 Å². The molecule has 2 N–H and O–H groups in total. The number of hydrogen-bond acceptors (Lipinski definition) is 3. The van der Waals surface area contributed by atoms with Crippen LogP contribution in [0.2, 0.25) is 0 Å². The number of anilines is 1. The Labute approximate surface area is 115 Å². The van der Waals surface area contributed by atoms with Gasteiger partial charge in [-0.05, 0) is 30.7 Å². The molecule has 0 aromatic heterocycles. The molecule has 1 atom stereocenters. The molecule has 0 bridgehead atoms. The lowest BCUT2D eigenvalue weighted by atomic mass is 10.2. The van der Waals surface area contributed by atoms with E-state index >= 15 is 0 Å². The van der Waals surface area contributed by atoms with Gasteiger partial charge in [-0.15, -0.1) is 0 Å². The summed E-state index contributed by atoms with van der Waals surface area (Å²) in [5.41, 5.74) is 8.62. The Morgan fingerprint density at radius 3 is 2.68 bits per heavy atom. The highest BCUT2D eigenvalue weighted by Crippen LogP contribution is 2.24. The average molecular weight is 275 g/mol. The number of nitrogen functional groups attached to an aromatic ring is 1. The van der Waals surface area contributed by atoms with E-state index in [2.05, 4.69) is 0 Å².